The second-order valence-corrected chi connectivity index (χ2v) is 4.54. The molecular weight excluding hydrogens is 236 g/mol. The molecule has 0 aromatic heterocycles. The van der Waals surface area contributed by atoms with Crippen molar-refractivity contribution in [2.75, 3.05) is 6.54 Å². The Morgan fingerprint density at radius 1 is 1.27 bits per heavy atom. The van der Waals surface area contributed by atoms with Gasteiger partial charge in [-0.05, 0) is 31.5 Å². The van der Waals surface area contributed by atoms with Crippen molar-refractivity contribution >= 4 is 23.2 Å². The van der Waals surface area contributed by atoms with Crippen LogP contribution in [0.25, 0.3) is 0 Å². The summed E-state index contributed by atoms with van der Waals surface area (Å²) in [6.45, 7) is 0.910. The average Bonchev–Trinajstić information content (AvgIpc) is 2.26. The standard InChI is InChI=1S/C11H12Cl2FN/c12-7-4-5-8(14)10(11(7)13)9-3-1-2-6-15-9/h4-5,9,15H,1-3,6H2/t9-/m0/s1. The fraction of sp³-hybridized carbons (Fsp3) is 0.455. The second-order valence-electron chi connectivity index (χ2n) is 3.76. The number of hydrogen-bond acceptors (Lipinski definition) is 1. The molecule has 1 aromatic carbocycles. The van der Waals surface area contributed by atoms with Crippen molar-refractivity contribution in [2.24, 2.45) is 0 Å². The molecule has 2 rings (SSSR count). The normalized spacial score (nSPS) is 21.7. The average molecular weight is 248 g/mol. The van der Waals surface area contributed by atoms with E-state index in [1.165, 1.54) is 12.1 Å². The third kappa shape index (κ3) is 2.27. The maximum atomic E-state index is 13.6. The molecule has 1 heterocycles. The molecule has 1 nitrogen and oxygen atoms in total. The van der Waals surface area contributed by atoms with Crippen LogP contribution in [0.1, 0.15) is 30.9 Å². The molecule has 0 saturated carbocycles. The van der Waals surface area contributed by atoms with Gasteiger partial charge in [-0.3, -0.25) is 0 Å². The summed E-state index contributed by atoms with van der Waals surface area (Å²) in [7, 11) is 0. The van der Waals surface area contributed by atoms with Crippen LogP contribution < -0.4 is 5.32 Å². The van der Waals surface area contributed by atoms with Crippen LogP contribution in [0, 0.1) is 5.82 Å². The highest BCUT2D eigenvalue weighted by atomic mass is 35.5. The van der Waals surface area contributed by atoms with Crippen LogP contribution in [-0.2, 0) is 0 Å². The molecule has 1 atom stereocenters. The minimum absolute atomic E-state index is 0.00458. The van der Waals surface area contributed by atoms with Gasteiger partial charge in [0.1, 0.15) is 5.82 Å². The first kappa shape index (κ1) is 11.2. The summed E-state index contributed by atoms with van der Waals surface area (Å²) in [6.07, 6.45) is 3.15. The van der Waals surface area contributed by atoms with Crippen LogP contribution in [0.2, 0.25) is 10.0 Å². The Morgan fingerprint density at radius 3 is 2.73 bits per heavy atom. The highest BCUT2D eigenvalue weighted by Crippen LogP contribution is 2.35. The van der Waals surface area contributed by atoms with E-state index in [1.54, 1.807) is 0 Å². The van der Waals surface area contributed by atoms with Gasteiger partial charge < -0.3 is 5.32 Å². The first-order valence-electron chi connectivity index (χ1n) is 5.07. The molecule has 0 radical (unpaired) electrons. The zero-order chi connectivity index (χ0) is 10.8. The van der Waals surface area contributed by atoms with Gasteiger partial charge in [-0.25, -0.2) is 4.39 Å². The summed E-state index contributed by atoms with van der Waals surface area (Å²) in [4.78, 5) is 0. The van der Waals surface area contributed by atoms with E-state index in [1.807, 2.05) is 0 Å². The monoisotopic (exact) mass is 247 g/mol. The van der Waals surface area contributed by atoms with Crippen molar-refractivity contribution in [3.05, 3.63) is 33.6 Å². The summed E-state index contributed by atoms with van der Waals surface area (Å²) >= 11 is 11.9. The maximum Gasteiger partial charge on any atom is 0.129 e. The smallest absolute Gasteiger partial charge is 0.129 e. The minimum atomic E-state index is -0.274. The van der Waals surface area contributed by atoms with Crippen LogP contribution in [0.3, 0.4) is 0 Å². The number of hydrogen-bond donors (Lipinski definition) is 1. The maximum absolute atomic E-state index is 13.6. The van der Waals surface area contributed by atoms with E-state index < -0.39 is 0 Å². The van der Waals surface area contributed by atoms with Crippen molar-refractivity contribution < 1.29 is 4.39 Å². The SMILES string of the molecule is Fc1ccc(Cl)c(Cl)c1[C@@H]1CCCCN1. The van der Waals surface area contributed by atoms with Crippen molar-refractivity contribution in [2.45, 2.75) is 25.3 Å². The molecular formula is C11H12Cl2FN. The Labute approximate surface area is 98.6 Å². The van der Waals surface area contributed by atoms with E-state index in [0.29, 0.717) is 15.6 Å². The molecule has 1 aliphatic rings. The van der Waals surface area contributed by atoms with Crippen molar-refractivity contribution in [1.29, 1.82) is 0 Å². The molecule has 1 aliphatic heterocycles. The molecule has 0 spiro atoms. The minimum Gasteiger partial charge on any atom is -0.310 e. The number of halogens is 3. The zero-order valence-electron chi connectivity index (χ0n) is 8.19. The van der Waals surface area contributed by atoms with Gasteiger partial charge in [0.2, 0.25) is 0 Å². The van der Waals surface area contributed by atoms with E-state index >= 15 is 0 Å². The number of piperidine rings is 1. The van der Waals surface area contributed by atoms with Crippen molar-refractivity contribution in [1.82, 2.24) is 5.32 Å². The number of rotatable bonds is 1. The summed E-state index contributed by atoms with van der Waals surface area (Å²) in [5.41, 5.74) is 0.517. The first-order valence-corrected chi connectivity index (χ1v) is 5.82. The lowest BCUT2D eigenvalue weighted by atomic mass is 9.97. The summed E-state index contributed by atoms with van der Waals surface area (Å²) < 4.78 is 13.6. The molecule has 0 bridgehead atoms. The lowest BCUT2D eigenvalue weighted by Crippen LogP contribution is -2.27. The van der Waals surface area contributed by atoms with Gasteiger partial charge in [0.15, 0.2) is 0 Å². The predicted molar refractivity (Wildman–Crippen MR) is 61.0 cm³/mol. The van der Waals surface area contributed by atoms with Gasteiger partial charge in [-0.15, -0.1) is 0 Å². The Kier molecular flexibility index (Phi) is 3.49. The molecule has 15 heavy (non-hydrogen) atoms. The molecule has 0 amide bonds. The van der Waals surface area contributed by atoms with Crippen molar-refractivity contribution in [3.63, 3.8) is 0 Å². The van der Waals surface area contributed by atoms with Crippen LogP contribution >= 0.6 is 23.2 Å². The second kappa shape index (κ2) is 4.69. The van der Waals surface area contributed by atoms with Crippen LogP contribution in [0.5, 0.6) is 0 Å². The summed E-state index contributed by atoms with van der Waals surface area (Å²) in [6, 6.07) is 2.87. The van der Waals surface area contributed by atoms with Gasteiger partial charge in [-0.1, -0.05) is 29.6 Å². The number of benzene rings is 1. The molecule has 0 aliphatic carbocycles. The van der Waals surface area contributed by atoms with E-state index in [4.69, 9.17) is 23.2 Å². The first-order chi connectivity index (χ1) is 7.20. The number of nitrogens with one attached hydrogen (secondary N) is 1. The molecule has 1 aromatic rings. The lowest BCUT2D eigenvalue weighted by Gasteiger charge is -2.25. The predicted octanol–water partition coefficient (Wildman–Crippen LogP) is 3.95. The third-order valence-electron chi connectivity index (χ3n) is 2.74. The van der Waals surface area contributed by atoms with Gasteiger partial charge >= 0.3 is 0 Å². The Hall–Kier alpha value is -0.310. The Morgan fingerprint density at radius 2 is 2.07 bits per heavy atom. The van der Waals surface area contributed by atoms with Gasteiger partial charge in [0, 0.05) is 11.6 Å². The van der Waals surface area contributed by atoms with Gasteiger partial charge in [0.05, 0.1) is 10.0 Å². The van der Waals surface area contributed by atoms with Crippen LogP contribution in [0.15, 0.2) is 12.1 Å². The quantitative estimate of drug-likeness (QED) is 0.742. The van der Waals surface area contributed by atoms with Crippen LogP contribution in [0.4, 0.5) is 4.39 Å². The zero-order valence-corrected chi connectivity index (χ0v) is 9.71. The fourth-order valence-corrected chi connectivity index (χ4v) is 2.41. The fourth-order valence-electron chi connectivity index (χ4n) is 1.96. The van der Waals surface area contributed by atoms with Gasteiger partial charge in [0.25, 0.3) is 0 Å². The Bertz CT molecular complexity index is 362. The summed E-state index contributed by atoms with van der Waals surface area (Å²) in [5.74, 6) is -0.274. The molecule has 1 fully saturated rings. The Balaban J connectivity index is 2.36. The molecule has 1 saturated heterocycles. The molecule has 0 unspecified atom stereocenters. The summed E-state index contributed by atoms with van der Waals surface area (Å²) in [5, 5.41) is 4.02. The molecule has 82 valence electrons. The topological polar surface area (TPSA) is 12.0 Å². The van der Waals surface area contributed by atoms with E-state index in [0.717, 1.165) is 25.8 Å². The van der Waals surface area contributed by atoms with E-state index in [9.17, 15) is 4.39 Å². The third-order valence-corrected chi connectivity index (χ3v) is 3.56. The molecule has 1 N–H and O–H groups in total. The molecule has 4 heteroatoms. The van der Waals surface area contributed by atoms with Crippen LogP contribution in [-0.4, -0.2) is 6.54 Å². The van der Waals surface area contributed by atoms with Crippen molar-refractivity contribution in [3.8, 4) is 0 Å². The van der Waals surface area contributed by atoms with Gasteiger partial charge in [-0.2, -0.15) is 0 Å². The largest absolute Gasteiger partial charge is 0.310 e. The van der Waals surface area contributed by atoms with E-state index in [2.05, 4.69) is 5.32 Å². The lowest BCUT2D eigenvalue weighted by molar-refractivity contribution is 0.400. The highest BCUT2D eigenvalue weighted by molar-refractivity contribution is 6.42. The highest BCUT2D eigenvalue weighted by Gasteiger charge is 2.22. The van der Waals surface area contributed by atoms with E-state index in [-0.39, 0.29) is 11.9 Å².